The molecular formula is C43H40FN3O3. The summed E-state index contributed by atoms with van der Waals surface area (Å²) in [4.78, 5) is 34.5. The van der Waals surface area contributed by atoms with E-state index in [-0.39, 0.29) is 17.1 Å². The number of methoxy groups -OCH3 is 1. The first kappa shape index (κ1) is 31.8. The van der Waals surface area contributed by atoms with E-state index in [9.17, 15) is 9.59 Å². The van der Waals surface area contributed by atoms with Gasteiger partial charge in [0.05, 0.1) is 25.3 Å². The topological polar surface area (TPSA) is 67.3 Å². The summed E-state index contributed by atoms with van der Waals surface area (Å²) in [6.45, 7) is 7.25. The van der Waals surface area contributed by atoms with Gasteiger partial charge in [0, 0.05) is 52.6 Å². The number of nitrogens with one attached hydrogen (secondary N) is 1. The van der Waals surface area contributed by atoms with E-state index in [2.05, 4.69) is 53.7 Å². The quantitative estimate of drug-likeness (QED) is 0.176. The number of amides is 1. The number of ether oxygens (including phenoxy) is 1. The van der Waals surface area contributed by atoms with Crippen LogP contribution in [0.25, 0.3) is 22.2 Å². The molecule has 0 bridgehead atoms. The van der Waals surface area contributed by atoms with Crippen molar-refractivity contribution in [2.45, 2.75) is 59.0 Å². The van der Waals surface area contributed by atoms with Crippen LogP contribution in [-0.4, -0.2) is 28.4 Å². The zero-order valence-electron chi connectivity index (χ0n) is 28.8. The van der Waals surface area contributed by atoms with Gasteiger partial charge in [0.25, 0.3) is 0 Å². The maximum Gasteiger partial charge on any atom is 0.239 e. The second-order valence-corrected chi connectivity index (χ2v) is 14.6. The Morgan fingerprint density at radius 1 is 0.940 bits per heavy atom. The van der Waals surface area contributed by atoms with E-state index in [1.54, 1.807) is 18.1 Å². The third-order valence-electron chi connectivity index (χ3n) is 10.5. The van der Waals surface area contributed by atoms with E-state index in [4.69, 9.17) is 4.74 Å². The first-order valence-corrected chi connectivity index (χ1v) is 17.3. The summed E-state index contributed by atoms with van der Waals surface area (Å²) in [5.74, 6) is -0.572. The number of carbonyl (C=O) groups is 2. The van der Waals surface area contributed by atoms with E-state index in [0.29, 0.717) is 54.7 Å². The lowest BCUT2D eigenvalue weighted by Crippen LogP contribution is -2.31. The van der Waals surface area contributed by atoms with Crippen molar-refractivity contribution < 1.29 is 18.7 Å². The molecule has 1 aliphatic carbocycles. The molecule has 1 N–H and O–H groups in total. The van der Waals surface area contributed by atoms with Crippen LogP contribution in [0.1, 0.15) is 70.1 Å². The van der Waals surface area contributed by atoms with Gasteiger partial charge in [0.15, 0.2) is 5.78 Å². The number of aromatic amines is 1. The second-order valence-electron chi connectivity index (χ2n) is 14.6. The third kappa shape index (κ3) is 5.41. The summed E-state index contributed by atoms with van der Waals surface area (Å²) in [6.07, 6.45) is 3.78. The van der Waals surface area contributed by atoms with Crippen LogP contribution >= 0.6 is 0 Å². The molecule has 8 rings (SSSR count). The third-order valence-corrected chi connectivity index (χ3v) is 10.5. The van der Waals surface area contributed by atoms with Gasteiger partial charge >= 0.3 is 0 Å². The van der Waals surface area contributed by atoms with Crippen LogP contribution in [0.3, 0.4) is 0 Å². The number of aromatic nitrogens is 2. The van der Waals surface area contributed by atoms with E-state index in [0.717, 1.165) is 50.3 Å². The van der Waals surface area contributed by atoms with Crippen molar-refractivity contribution in [3.63, 3.8) is 0 Å². The highest BCUT2D eigenvalue weighted by atomic mass is 19.1. The van der Waals surface area contributed by atoms with Crippen molar-refractivity contribution in [2.24, 2.45) is 5.41 Å². The van der Waals surface area contributed by atoms with Crippen molar-refractivity contribution in [1.29, 1.82) is 0 Å². The molecule has 1 unspecified atom stereocenters. The Morgan fingerprint density at radius 2 is 1.72 bits per heavy atom. The van der Waals surface area contributed by atoms with E-state index < -0.39 is 11.7 Å². The van der Waals surface area contributed by atoms with E-state index in [1.165, 1.54) is 12.1 Å². The molecule has 7 heteroatoms. The molecule has 6 nitrogen and oxygen atoms in total. The van der Waals surface area contributed by atoms with Crippen LogP contribution in [0, 0.1) is 18.2 Å². The molecule has 1 aliphatic heterocycles. The number of Topliss-reactive ketones (excluding diaryl/α,β-unsaturated/α-hetero) is 1. The molecular weight excluding hydrogens is 625 g/mol. The number of halogens is 1. The fraction of sp³-hybridized carbons (Fsp3) is 0.256. The average molecular weight is 666 g/mol. The highest BCUT2D eigenvalue weighted by Gasteiger charge is 2.46. The number of rotatable bonds is 8. The Kier molecular flexibility index (Phi) is 7.74. The minimum absolute atomic E-state index is 0.0301. The van der Waals surface area contributed by atoms with Crippen LogP contribution in [0.5, 0.6) is 5.75 Å². The lowest BCUT2D eigenvalue weighted by molar-refractivity contribution is -0.118. The summed E-state index contributed by atoms with van der Waals surface area (Å²) in [5.41, 5.74) is 9.31. The van der Waals surface area contributed by atoms with Crippen LogP contribution in [-0.2, 0) is 30.7 Å². The highest BCUT2D eigenvalue weighted by Crippen LogP contribution is 2.51. The molecule has 2 aliphatic rings. The van der Waals surface area contributed by atoms with E-state index >= 15 is 4.39 Å². The number of fused-ring (bicyclic) bond motifs is 3. The summed E-state index contributed by atoms with van der Waals surface area (Å²) < 4.78 is 23.0. The average Bonchev–Trinajstić information content (AvgIpc) is 3.73. The van der Waals surface area contributed by atoms with Crippen LogP contribution in [0.4, 0.5) is 10.1 Å². The molecule has 3 heterocycles. The largest absolute Gasteiger partial charge is 0.497 e. The summed E-state index contributed by atoms with van der Waals surface area (Å²) in [5, 5.41) is 1.09. The molecule has 6 aromatic rings. The smallest absolute Gasteiger partial charge is 0.239 e. The Balaban J connectivity index is 1.34. The van der Waals surface area contributed by atoms with Gasteiger partial charge in [-0.2, -0.15) is 0 Å². The Labute approximate surface area is 291 Å². The monoisotopic (exact) mass is 665 g/mol. The Bertz CT molecular complexity index is 2280. The lowest BCUT2D eigenvalue weighted by atomic mass is 9.74. The summed E-state index contributed by atoms with van der Waals surface area (Å²) in [7, 11) is 1.67. The van der Waals surface area contributed by atoms with Gasteiger partial charge in [-0.1, -0.05) is 74.0 Å². The number of nitrogens with zero attached hydrogens (tertiary/aromatic N) is 2. The predicted octanol–water partition coefficient (Wildman–Crippen LogP) is 9.17. The van der Waals surface area contributed by atoms with Gasteiger partial charge in [-0.25, -0.2) is 4.39 Å². The fourth-order valence-corrected chi connectivity index (χ4v) is 8.12. The molecule has 0 fully saturated rings. The molecule has 2 aromatic heterocycles. The molecule has 4 aromatic carbocycles. The van der Waals surface area contributed by atoms with Crippen molar-refractivity contribution >= 4 is 28.3 Å². The first-order chi connectivity index (χ1) is 24.1. The molecule has 50 heavy (non-hydrogen) atoms. The van der Waals surface area contributed by atoms with Crippen molar-refractivity contribution in [3.8, 4) is 17.0 Å². The summed E-state index contributed by atoms with van der Waals surface area (Å²) in [6, 6.07) is 28.8. The van der Waals surface area contributed by atoms with Gasteiger partial charge in [0.1, 0.15) is 11.6 Å². The molecule has 1 amide bonds. The summed E-state index contributed by atoms with van der Waals surface area (Å²) >= 11 is 0. The number of H-pyrrole nitrogens is 1. The van der Waals surface area contributed by atoms with Crippen molar-refractivity contribution in [3.05, 3.63) is 142 Å². The molecule has 1 atom stereocenters. The van der Waals surface area contributed by atoms with Gasteiger partial charge in [-0.3, -0.25) is 9.59 Å². The van der Waals surface area contributed by atoms with Crippen LogP contribution in [0.2, 0.25) is 0 Å². The first-order valence-electron chi connectivity index (χ1n) is 17.3. The SMILES string of the molecule is COc1ccc2[nH]cc(CCn3c4c(c(C5C(=O)N(Cc6ccccc6)c6ccc(F)cc65)c3-c3ccc(C)cc3)C(=O)CC(C)(C)C4)c2c1. The number of ketones is 1. The van der Waals surface area contributed by atoms with Gasteiger partial charge in [-0.05, 0) is 83.8 Å². The van der Waals surface area contributed by atoms with Crippen LogP contribution < -0.4 is 9.64 Å². The van der Waals surface area contributed by atoms with Crippen molar-refractivity contribution in [2.75, 3.05) is 12.0 Å². The number of aryl methyl sites for hydroxylation is 2. The molecule has 0 spiro atoms. The Morgan fingerprint density at radius 3 is 2.48 bits per heavy atom. The standard InChI is InChI=1S/C43H40FN3O3/c1-26-10-12-28(13-11-26)41-40(38-33-20-30(44)14-17-35(33)47(42(38)49)25-27-8-6-5-7-9-27)39-36(22-43(2,3)23-37(39)48)46(41)19-18-29-24-45-34-16-15-31(50-4)21-32(29)34/h5-17,20-21,24,38,45H,18-19,22-23,25H2,1-4H3. The number of hydrogen-bond donors (Lipinski definition) is 1. The predicted molar refractivity (Wildman–Crippen MR) is 195 cm³/mol. The maximum absolute atomic E-state index is 15.2. The van der Waals surface area contributed by atoms with E-state index in [1.807, 2.05) is 55.6 Å². The zero-order chi connectivity index (χ0) is 34.7. The number of carbonyl (C=O) groups excluding carboxylic acids is 2. The number of anilines is 1. The Hall–Kier alpha value is -5.43. The highest BCUT2D eigenvalue weighted by molar-refractivity contribution is 6.11. The number of hydrogen-bond acceptors (Lipinski definition) is 3. The lowest BCUT2D eigenvalue weighted by Gasteiger charge is -2.30. The maximum atomic E-state index is 15.2. The number of benzene rings is 4. The normalized spacial score (nSPS) is 16.6. The molecule has 252 valence electrons. The zero-order valence-corrected chi connectivity index (χ0v) is 28.8. The van der Waals surface area contributed by atoms with Crippen LogP contribution in [0.15, 0.2) is 97.2 Å². The van der Waals surface area contributed by atoms with Gasteiger partial charge < -0.3 is 19.2 Å². The minimum Gasteiger partial charge on any atom is -0.497 e. The molecule has 0 saturated carbocycles. The van der Waals surface area contributed by atoms with Gasteiger partial charge in [-0.15, -0.1) is 0 Å². The second kappa shape index (κ2) is 12.2. The van der Waals surface area contributed by atoms with Crippen molar-refractivity contribution in [1.82, 2.24) is 9.55 Å². The minimum atomic E-state index is -0.835. The fourth-order valence-electron chi connectivity index (χ4n) is 8.12. The molecule has 0 saturated heterocycles. The van der Waals surface area contributed by atoms with Gasteiger partial charge in [0.2, 0.25) is 5.91 Å². The molecule has 0 radical (unpaired) electrons.